The zero-order valence-corrected chi connectivity index (χ0v) is 12.4. The number of halogens is 2. The second-order valence-corrected chi connectivity index (χ2v) is 5.11. The second kappa shape index (κ2) is 6.80. The lowest BCUT2D eigenvalue weighted by atomic mass is 10.3. The number of nitrogens with two attached hydrogens (primary N) is 1. The molecule has 100 valence electrons. The Morgan fingerprint density at radius 3 is 2.58 bits per heavy atom. The number of ether oxygens (including phenoxy) is 2. The Hall–Kier alpha value is -1.23. The molecule has 19 heavy (non-hydrogen) atoms. The minimum absolute atomic E-state index is 0.436. The summed E-state index contributed by atoms with van der Waals surface area (Å²) >= 11 is 9.50. The van der Waals surface area contributed by atoms with E-state index >= 15 is 0 Å². The van der Waals surface area contributed by atoms with Crippen LogP contribution in [0, 0.1) is 0 Å². The van der Waals surface area contributed by atoms with E-state index in [-0.39, 0.29) is 0 Å². The summed E-state index contributed by atoms with van der Waals surface area (Å²) in [6, 6.07) is 12.9. The van der Waals surface area contributed by atoms with Crippen LogP contribution in [0.3, 0.4) is 0 Å². The van der Waals surface area contributed by atoms with E-state index in [1.807, 2.05) is 24.3 Å². The topological polar surface area (TPSA) is 44.5 Å². The molecule has 0 saturated heterocycles. The molecule has 5 heteroatoms. The fraction of sp³-hybridized carbons (Fsp3) is 0.143. The molecule has 0 aliphatic heterocycles. The Morgan fingerprint density at radius 1 is 1.11 bits per heavy atom. The fourth-order valence-electron chi connectivity index (χ4n) is 1.50. The normalized spacial score (nSPS) is 10.3. The maximum absolute atomic E-state index is 6.11. The van der Waals surface area contributed by atoms with Crippen LogP contribution in [0.1, 0.15) is 0 Å². The molecule has 2 N–H and O–H groups in total. The molecular weight excluding hydrogens is 330 g/mol. The quantitative estimate of drug-likeness (QED) is 0.884. The number of rotatable bonds is 5. The summed E-state index contributed by atoms with van der Waals surface area (Å²) in [4.78, 5) is 0. The van der Waals surface area contributed by atoms with Gasteiger partial charge in [0.25, 0.3) is 0 Å². The molecule has 0 atom stereocenters. The third kappa shape index (κ3) is 4.13. The Labute approximate surface area is 125 Å². The van der Waals surface area contributed by atoms with Crippen molar-refractivity contribution >= 4 is 27.5 Å². The van der Waals surface area contributed by atoms with Gasteiger partial charge in [-0.3, -0.25) is 0 Å². The van der Waals surface area contributed by atoms with Gasteiger partial charge in [0.2, 0.25) is 0 Å². The minimum Gasteiger partial charge on any atom is -0.491 e. The average Bonchev–Trinajstić information content (AvgIpc) is 2.38. The monoisotopic (exact) mass is 341 g/mol. The van der Waals surface area contributed by atoms with Crippen molar-refractivity contribution in [2.75, 3.05) is 13.2 Å². The van der Waals surface area contributed by atoms with Gasteiger partial charge in [-0.2, -0.15) is 0 Å². The lowest BCUT2D eigenvalue weighted by molar-refractivity contribution is 0.328. The van der Waals surface area contributed by atoms with E-state index in [0.29, 0.717) is 29.7 Å². The van der Waals surface area contributed by atoms with Crippen LogP contribution >= 0.6 is 27.5 Å². The predicted octanol–water partition coefficient (Wildman–Crippen LogP) is 4.23. The third-order valence-electron chi connectivity index (χ3n) is 2.31. The summed E-state index contributed by atoms with van der Waals surface area (Å²) in [6.45, 7) is 0.887. The van der Waals surface area contributed by atoms with Crippen LogP contribution in [0.4, 0.5) is 0 Å². The summed E-state index contributed by atoms with van der Waals surface area (Å²) < 4.78 is 12.1. The molecule has 0 fully saturated rings. The van der Waals surface area contributed by atoms with Crippen molar-refractivity contribution in [1.82, 2.24) is 0 Å². The molecule has 0 saturated carbocycles. The van der Waals surface area contributed by atoms with Crippen molar-refractivity contribution in [3.05, 3.63) is 52.0 Å². The average molecular weight is 343 g/mol. The van der Waals surface area contributed by atoms with Gasteiger partial charge >= 0.3 is 0 Å². The molecule has 0 aromatic heterocycles. The predicted molar refractivity (Wildman–Crippen MR) is 80.2 cm³/mol. The van der Waals surface area contributed by atoms with Gasteiger partial charge in [-0.1, -0.05) is 33.6 Å². The maximum atomic E-state index is 6.11. The highest BCUT2D eigenvalue weighted by Gasteiger charge is 2.05. The summed E-state index contributed by atoms with van der Waals surface area (Å²) in [6.07, 6.45) is 0. The molecule has 0 amide bonds. The zero-order valence-electron chi connectivity index (χ0n) is 10.1. The van der Waals surface area contributed by atoms with Crippen molar-refractivity contribution in [1.29, 1.82) is 0 Å². The van der Waals surface area contributed by atoms with Crippen LogP contribution in [0.5, 0.6) is 17.2 Å². The Morgan fingerprint density at radius 2 is 1.89 bits per heavy atom. The number of benzene rings is 2. The SMILES string of the molecule is NCCOc1ccc(Oc2cccc(Br)c2)cc1Cl. The van der Waals surface area contributed by atoms with Crippen molar-refractivity contribution < 1.29 is 9.47 Å². The van der Waals surface area contributed by atoms with Crippen LogP contribution in [0.15, 0.2) is 46.9 Å². The molecule has 0 heterocycles. The lowest BCUT2D eigenvalue weighted by Gasteiger charge is -2.10. The van der Waals surface area contributed by atoms with Crippen molar-refractivity contribution in [2.45, 2.75) is 0 Å². The molecular formula is C14H13BrClNO2. The Balaban J connectivity index is 2.11. The van der Waals surface area contributed by atoms with E-state index in [9.17, 15) is 0 Å². The molecule has 2 rings (SSSR count). The first-order chi connectivity index (χ1) is 9.19. The molecule has 0 spiro atoms. The highest BCUT2D eigenvalue weighted by molar-refractivity contribution is 9.10. The van der Waals surface area contributed by atoms with Gasteiger partial charge in [-0.05, 0) is 30.3 Å². The van der Waals surface area contributed by atoms with Crippen LogP contribution in [0.2, 0.25) is 5.02 Å². The highest BCUT2D eigenvalue weighted by atomic mass is 79.9. The zero-order chi connectivity index (χ0) is 13.7. The van der Waals surface area contributed by atoms with Gasteiger partial charge < -0.3 is 15.2 Å². The molecule has 0 aliphatic rings. The van der Waals surface area contributed by atoms with Crippen LogP contribution in [-0.2, 0) is 0 Å². The fourth-order valence-corrected chi connectivity index (χ4v) is 2.10. The molecule has 0 unspecified atom stereocenters. The maximum Gasteiger partial charge on any atom is 0.138 e. The molecule has 2 aromatic carbocycles. The van der Waals surface area contributed by atoms with Gasteiger partial charge in [-0.15, -0.1) is 0 Å². The molecule has 3 nitrogen and oxygen atoms in total. The van der Waals surface area contributed by atoms with Crippen LogP contribution < -0.4 is 15.2 Å². The third-order valence-corrected chi connectivity index (χ3v) is 3.10. The molecule has 2 aromatic rings. The van der Waals surface area contributed by atoms with Crippen LogP contribution in [-0.4, -0.2) is 13.2 Å². The van der Waals surface area contributed by atoms with Crippen LogP contribution in [0.25, 0.3) is 0 Å². The van der Waals surface area contributed by atoms with E-state index in [0.717, 1.165) is 10.2 Å². The molecule has 0 aliphatic carbocycles. The Bertz CT molecular complexity index is 563. The summed E-state index contributed by atoms with van der Waals surface area (Å²) in [7, 11) is 0. The molecule has 0 radical (unpaired) electrons. The summed E-state index contributed by atoms with van der Waals surface area (Å²) in [5, 5.41) is 0.501. The number of hydrogen-bond acceptors (Lipinski definition) is 3. The van der Waals surface area contributed by atoms with E-state index in [4.69, 9.17) is 26.8 Å². The second-order valence-electron chi connectivity index (χ2n) is 3.79. The minimum atomic E-state index is 0.436. The van der Waals surface area contributed by atoms with Gasteiger partial charge in [-0.25, -0.2) is 0 Å². The van der Waals surface area contributed by atoms with E-state index in [1.54, 1.807) is 18.2 Å². The van der Waals surface area contributed by atoms with Crippen molar-refractivity contribution in [3.63, 3.8) is 0 Å². The highest BCUT2D eigenvalue weighted by Crippen LogP contribution is 2.31. The van der Waals surface area contributed by atoms with E-state index in [1.165, 1.54) is 0 Å². The van der Waals surface area contributed by atoms with Crippen molar-refractivity contribution in [2.24, 2.45) is 5.73 Å². The molecule has 0 bridgehead atoms. The first-order valence-electron chi connectivity index (χ1n) is 5.75. The summed E-state index contributed by atoms with van der Waals surface area (Å²) in [5.74, 6) is 2.00. The first-order valence-corrected chi connectivity index (χ1v) is 6.92. The lowest BCUT2D eigenvalue weighted by Crippen LogP contribution is -2.10. The van der Waals surface area contributed by atoms with Gasteiger partial charge in [0.05, 0.1) is 5.02 Å². The smallest absolute Gasteiger partial charge is 0.138 e. The Kier molecular flexibility index (Phi) is 5.07. The first kappa shape index (κ1) is 14.2. The number of hydrogen-bond donors (Lipinski definition) is 1. The van der Waals surface area contributed by atoms with Gasteiger partial charge in [0, 0.05) is 17.1 Å². The summed E-state index contributed by atoms with van der Waals surface area (Å²) in [5.41, 5.74) is 5.38. The standard InChI is InChI=1S/C14H13BrClNO2/c15-10-2-1-3-11(8-10)19-12-4-5-14(13(16)9-12)18-7-6-17/h1-5,8-9H,6-7,17H2. The van der Waals surface area contributed by atoms with E-state index < -0.39 is 0 Å². The van der Waals surface area contributed by atoms with Gasteiger partial charge in [0.15, 0.2) is 0 Å². The van der Waals surface area contributed by atoms with E-state index in [2.05, 4.69) is 15.9 Å². The van der Waals surface area contributed by atoms with Gasteiger partial charge in [0.1, 0.15) is 23.9 Å². The largest absolute Gasteiger partial charge is 0.491 e. The van der Waals surface area contributed by atoms with Crippen molar-refractivity contribution in [3.8, 4) is 17.2 Å².